The molecule has 2 heterocycles. The van der Waals surface area contributed by atoms with Crippen LogP contribution in [0.2, 0.25) is 0 Å². The van der Waals surface area contributed by atoms with Gasteiger partial charge >= 0.3 is 0 Å². The molecular weight excluding hydrogens is 388 g/mol. The van der Waals surface area contributed by atoms with Crippen LogP contribution in [0.15, 0.2) is 67.0 Å². The number of hydrogen-bond acceptors (Lipinski definition) is 4. The van der Waals surface area contributed by atoms with Crippen molar-refractivity contribution in [2.45, 2.75) is 12.8 Å². The number of amides is 1. The maximum Gasteiger partial charge on any atom is 0.236 e. The SMILES string of the molecule is O=C(Cc1ccc(-n2cccn2)cc1)NCCS(=O)(=O)N1CCc2ccccc21. The number of nitrogens with zero attached hydrogens (tertiary/aromatic N) is 3. The van der Waals surface area contributed by atoms with E-state index in [1.54, 1.807) is 10.9 Å². The number of carbonyl (C=O) groups excluding carboxylic acids is 1. The van der Waals surface area contributed by atoms with Gasteiger partial charge in [-0.1, -0.05) is 30.3 Å². The number of para-hydroxylation sites is 1. The number of sulfonamides is 1. The van der Waals surface area contributed by atoms with Gasteiger partial charge < -0.3 is 5.32 Å². The summed E-state index contributed by atoms with van der Waals surface area (Å²) in [5.41, 5.74) is 3.56. The molecule has 0 aliphatic carbocycles. The van der Waals surface area contributed by atoms with Gasteiger partial charge in [-0.25, -0.2) is 13.1 Å². The summed E-state index contributed by atoms with van der Waals surface area (Å²) < 4.78 is 28.5. The van der Waals surface area contributed by atoms with Gasteiger partial charge in [0.05, 0.1) is 23.5 Å². The Morgan fingerprint density at radius 1 is 1.07 bits per heavy atom. The van der Waals surface area contributed by atoms with E-state index in [1.807, 2.05) is 60.8 Å². The molecule has 0 atom stereocenters. The van der Waals surface area contributed by atoms with Crippen LogP contribution < -0.4 is 9.62 Å². The van der Waals surface area contributed by atoms with Crippen LogP contribution >= 0.6 is 0 Å². The molecule has 3 aromatic rings. The standard InChI is InChI=1S/C21H22N4O3S/c26-21(16-17-6-8-19(9-7-17)24-13-3-11-23-24)22-12-15-29(27,28)25-14-10-18-4-1-2-5-20(18)25/h1-9,11,13H,10,12,14-16H2,(H,22,26). The number of fused-ring (bicyclic) bond motifs is 1. The Kier molecular flexibility index (Phi) is 5.35. The Morgan fingerprint density at radius 3 is 2.62 bits per heavy atom. The molecule has 150 valence electrons. The molecule has 0 spiro atoms. The number of nitrogens with one attached hydrogen (secondary N) is 1. The fourth-order valence-corrected chi connectivity index (χ4v) is 4.89. The average molecular weight is 410 g/mol. The van der Waals surface area contributed by atoms with Crippen LogP contribution in [0.1, 0.15) is 11.1 Å². The molecule has 0 saturated carbocycles. The molecule has 0 bridgehead atoms. The smallest absolute Gasteiger partial charge is 0.236 e. The van der Waals surface area contributed by atoms with E-state index in [0.717, 1.165) is 28.9 Å². The number of anilines is 1. The second-order valence-corrected chi connectivity index (χ2v) is 8.92. The zero-order valence-electron chi connectivity index (χ0n) is 15.9. The van der Waals surface area contributed by atoms with Crippen molar-refractivity contribution >= 4 is 21.6 Å². The van der Waals surface area contributed by atoms with Crippen LogP contribution in [0.5, 0.6) is 0 Å². The third-order valence-corrected chi connectivity index (χ3v) is 6.70. The normalized spacial score (nSPS) is 13.3. The lowest BCUT2D eigenvalue weighted by atomic mass is 10.1. The van der Waals surface area contributed by atoms with Crippen LogP contribution in [-0.2, 0) is 27.7 Å². The Bertz CT molecular complexity index is 1090. The largest absolute Gasteiger partial charge is 0.355 e. The van der Waals surface area contributed by atoms with Crippen molar-refractivity contribution in [2.75, 3.05) is 23.1 Å². The fraction of sp³-hybridized carbons (Fsp3) is 0.238. The van der Waals surface area contributed by atoms with Gasteiger partial charge in [0, 0.05) is 25.5 Å². The number of carbonyl (C=O) groups is 1. The molecule has 1 aliphatic rings. The van der Waals surface area contributed by atoms with Crippen LogP contribution in [0.3, 0.4) is 0 Å². The molecule has 0 saturated heterocycles. The van der Waals surface area contributed by atoms with E-state index < -0.39 is 10.0 Å². The van der Waals surface area contributed by atoms with Gasteiger partial charge in [-0.15, -0.1) is 0 Å². The highest BCUT2D eigenvalue weighted by Crippen LogP contribution is 2.29. The molecule has 1 N–H and O–H groups in total. The second-order valence-electron chi connectivity index (χ2n) is 6.91. The average Bonchev–Trinajstić information content (AvgIpc) is 3.39. The van der Waals surface area contributed by atoms with Crippen LogP contribution in [0.25, 0.3) is 5.69 Å². The lowest BCUT2D eigenvalue weighted by Gasteiger charge is -2.19. The first-order chi connectivity index (χ1) is 14.0. The molecule has 1 aliphatic heterocycles. The Hall–Kier alpha value is -3.13. The Balaban J connectivity index is 1.29. The predicted octanol–water partition coefficient (Wildman–Crippen LogP) is 1.92. The predicted molar refractivity (Wildman–Crippen MR) is 112 cm³/mol. The summed E-state index contributed by atoms with van der Waals surface area (Å²) in [4.78, 5) is 12.2. The number of aromatic nitrogens is 2. The molecule has 1 aromatic heterocycles. The topological polar surface area (TPSA) is 84.3 Å². The molecule has 0 unspecified atom stereocenters. The second kappa shape index (κ2) is 8.08. The first-order valence-electron chi connectivity index (χ1n) is 9.47. The van der Waals surface area contributed by atoms with Crippen molar-refractivity contribution in [3.05, 3.63) is 78.1 Å². The minimum absolute atomic E-state index is 0.0885. The van der Waals surface area contributed by atoms with Crippen molar-refractivity contribution < 1.29 is 13.2 Å². The van der Waals surface area contributed by atoms with E-state index in [4.69, 9.17) is 0 Å². The van der Waals surface area contributed by atoms with E-state index in [9.17, 15) is 13.2 Å². The minimum atomic E-state index is -3.46. The van der Waals surface area contributed by atoms with Gasteiger partial charge in [0.2, 0.25) is 15.9 Å². The van der Waals surface area contributed by atoms with Gasteiger partial charge in [-0.2, -0.15) is 5.10 Å². The fourth-order valence-electron chi connectivity index (χ4n) is 3.46. The monoisotopic (exact) mass is 410 g/mol. The first-order valence-corrected chi connectivity index (χ1v) is 11.1. The quantitative estimate of drug-likeness (QED) is 0.645. The summed E-state index contributed by atoms with van der Waals surface area (Å²) in [5.74, 6) is -0.320. The van der Waals surface area contributed by atoms with Crippen molar-refractivity contribution in [3.8, 4) is 5.69 Å². The molecule has 7 nitrogen and oxygen atoms in total. The summed E-state index contributed by atoms with van der Waals surface area (Å²) in [7, 11) is -3.46. The molecule has 0 radical (unpaired) electrons. The minimum Gasteiger partial charge on any atom is -0.355 e. The van der Waals surface area contributed by atoms with Crippen LogP contribution in [-0.4, -0.2) is 42.9 Å². The molecular formula is C21H22N4O3S. The van der Waals surface area contributed by atoms with Gasteiger partial charge in [0.15, 0.2) is 0 Å². The van der Waals surface area contributed by atoms with Gasteiger partial charge in [-0.05, 0) is 41.8 Å². The van der Waals surface area contributed by atoms with Crippen LogP contribution in [0.4, 0.5) is 5.69 Å². The van der Waals surface area contributed by atoms with E-state index >= 15 is 0 Å². The lowest BCUT2D eigenvalue weighted by Crippen LogP contribution is -2.37. The highest BCUT2D eigenvalue weighted by Gasteiger charge is 2.28. The summed E-state index contributed by atoms with van der Waals surface area (Å²) in [5, 5.41) is 6.88. The van der Waals surface area contributed by atoms with E-state index in [0.29, 0.717) is 6.54 Å². The van der Waals surface area contributed by atoms with Crippen molar-refractivity contribution in [1.82, 2.24) is 15.1 Å². The van der Waals surface area contributed by atoms with Crippen molar-refractivity contribution in [2.24, 2.45) is 0 Å². The van der Waals surface area contributed by atoms with Crippen molar-refractivity contribution in [1.29, 1.82) is 0 Å². The molecule has 1 amide bonds. The van der Waals surface area contributed by atoms with Gasteiger partial charge in [-0.3, -0.25) is 9.10 Å². The number of hydrogen-bond donors (Lipinski definition) is 1. The van der Waals surface area contributed by atoms with Crippen molar-refractivity contribution in [3.63, 3.8) is 0 Å². The molecule has 29 heavy (non-hydrogen) atoms. The zero-order chi connectivity index (χ0) is 20.3. The first kappa shape index (κ1) is 19.2. The summed E-state index contributed by atoms with van der Waals surface area (Å²) in [6.07, 6.45) is 4.47. The summed E-state index contributed by atoms with van der Waals surface area (Å²) >= 11 is 0. The zero-order valence-corrected chi connectivity index (χ0v) is 16.7. The lowest BCUT2D eigenvalue weighted by molar-refractivity contribution is -0.120. The third-order valence-electron chi connectivity index (χ3n) is 4.93. The van der Waals surface area contributed by atoms with Gasteiger partial charge in [0.1, 0.15) is 0 Å². The maximum absolute atomic E-state index is 12.7. The molecule has 2 aromatic carbocycles. The highest BCUT2D eigenvalue weighted by atomic mass is 32.2. The highest BCUT2D eigenvalue weighted by molar-refractivity contribution is 7.92. The third kappa shape index (κ3) is 4.32. The summed E-state index contributed by atoms with van der Waals surface area (Å²) in [6.45, 7) is 0.545. The number of rotatable bonds is 7. The Labute approximate surface area is 170 Å². The van der Waals surface area contributed by atoms with Crippen LogP contribution in [0, 0.1) is 0 Å². The van der Waals surface area contributed by atoms with E-state index in [-0.39, 0.29) is 24.6 Å². The van der Waals surface area contributed by atoms with E-state index in [1.165, 1.54) is 4.31 Å². The van der Waals surface area contributed by atoms with Gasteiger partial charge in [0.25, 0.3) is 0 Å². The van der Waals surface area contributed by atoms with E-state index in [2.05, 4.69) is 10.4 Å². The summed E-state index contributed by atoms with van der Waals surface area (Å²) in [6, 6.07) is 16.9. The molecule has 0 fully saturated rings. The maximum atomic E-state index is 12.7. The Morgan fingerprint density at radius 2 is 1.86 bits per heavy atom. The molecule has 8 heteroatoms. The molecule has 4 rings (SSSR count). The number of benzene rings is 2.